The summed E-state index contributed by atoms with van der Waals surface area (Å²) in [6.45, 7) is 7.28. The van der Waals surface area contributed by atoms with Crippen molar-refractivity contribution in [2.75, 3.05) is 31.1 Å². The molecule has 2 fully saturated rings. The first-order valence-corrected chi connectivity index (χ1v) is 10.1. The highest BCUT2D eigenvalue weighted by Crippen LogP contribution is 2.43. The zero-order valence-electron chi connectivity index (χ0n) is 16.6. The molecule has 2 aromatic rings. The van der Waals surface area contributed by atoms with Gasteiger partial charge in [-0.2, -0.15) is 0 Å². The minimum absolute atomic E-state index is 0.0640. The summed E-state index contributed by atoms with van der Waals surface area (Å²) in [5.74, 6) is -0.339. The van der Waals surface area contributed by atoms with Gasteiger partial charge in [-0.25, -0.2) is 8.78 Å². The van der Waals surface area contributed by atoms with Crippen molar-refractivity contribution >= 4 is 5.69 Å². The van der Waals surface area contributed by atoms with E-state index in [2.05, 4.69) is 18.7 Å². The maximum atomic E-state index is 14.9. The Morgan fingerprint density at radius 3 is 2.18 bits per heavy atom. The molecule has 4 rings (SSSR count). The number of halogens is 2. The smallest absolute Gasteiger partial charge is 0.150 e. The second kappa shape index (κ2) is 7.45. The molecule has 1 N–H and O–H groups in total. The van der Waals surface area contributed by atoms with Crippen LogP contribution in [0, 0.1) is 17.6 Å². The third-order valence-electron chi connectivity index (χ3n) is 6.50. The van der Waals surface area contributed by atoms with Gasteiger partial charge in [-0.15, -0.1) is 0 Å². The van der Waals surface area contributed by atoms with E-state index in [1.165, 1.54) is 25.0 Å². The average molecular weight is 386 g/mol. The Labute approximate surface area is 165 Å². The molecule has 1 aliphatic carbocycles. The van der Waals surface area contributed by atoms with Crippen molar-refractivity contribution in [3.63, 3.8) is 0 Å². The average Bonchev–Trinajstić information content (AvgIpc) is 3.53. The maximum Gasteiger partial charge on any atom is 0.150 e. The lowest BCUT2D eigenvalue weighted by Gasteiger charge is -2.45. The summed E-state index contributed by atoms with van der Waals surface area (Å²) < 4.78 is 29.9. The molecule has 5 heteroatoms. The van der Waals surface area contributed by atoms with E-state index >= 15 is 0 Å². The molecule has 150 valence electrons. The largest absolute Gasteiger partial charge is 0.392 e. The first kappa shape index (κ1) is 19.3. The van der Waals surface area contributed by atoms with Crippen LogP contribution in [0.15, 0.2) is 36.4 Å². The lowest BCUT2D eigenvalue weighted by Crippen LogP contribution is -2.55. The third kappa shape index (κ3) is 3.53. The van der Waals surface area contributed by atoms with Crippen molar-refractivity contribution in [1.82, 2.24) is 4.90 Å². The number of benzene rings is 2. The van der Waals surface area contributed by atoms with Gasteiger partial charge in [0.1, 0.15) is 17.3 Å². The molecule has 0 atom stereocenters. The standard InChI is InChI=1S/C23H28F2N2O/c1-23(2,18-7-8-18)27-11-9-26(10-12-27)22-20(24)13-17(14-21(22)25)19-6-4-3-5-16(19)15-28/h3-6,13-14,18,28H,7-12,15H2,1-2H3. The molecular weight excluding hydrogens is 358 g/mol. The number of rotatable bonds is 5. The molecule has 0 bridgehead atoms. The van der Waals surface area contributed by atoms with E-state index in [0.717, 1.165) is 19.0 Å². The third-order valence-corrected chi connectivity index (χ3v) is 6.50. The van der Waals surface area contributed by atoms with Crippen LogP contribution in [-0.2, 0) is 6.61 Å². The van der Waals surface area contributed by atoms with E-state index in [1.807, 2.05) is 4.90 Å². The lowest BCUT2D eigenvalue weighted by atomic mass is 9.95. The van der Waals surface area contributed by atoms with Gasteiger partial charge in [0, 0.05) is 31.7 Å². The van der Waals surface area contributed by atoms with Crippen LogP contribution >= 0.6 is 0 Å². The fraction of sp³-hybridized carbons (Fsp3) is 0.478. The van der Waals surface area contributed by atoms with Crippen molar-refractivity contribution in [1.29, 1.82) is 0 Å². The van der Waals surface area contributed by atoms with Crippen LogP contribution in [0.4, 0.5) is 14.5 Å². The van der Waals surface area contributed by atoms with Crippen LogP contribution in [-0.4, -0.2) is 41.7 Å². The van der Waals surface area contributed by atoms with E-state index in [1.54, 1.807) is 24.3 Å². The molecule has 3 nitrogen and oxygen atoms in total. The highest BCUT2D eigenvalue weighted by molar-refractivity contribution is 5.70. The molecule has 0 radical (unpaired) electrons. The summed E-state index contributed by atoms with van der Waals surface area (Å²) in [6.07, 6.45) is 2.57. The van der Waals surface area contributed by atoms with E-state index < -0.39 is 11.6 Å². The molecule has 0 spiro atoms. The SMILES string of the molecule is CC(C)(C1CC1)N1CCN(c2c(F)cc(-c3ccccc3CO)cc2F)CC1. The molecule has 0 unspecified atom stereocenters. The fourth-order valence-corrected chi connectivity index (χ4v) is 4.52. The summed E-state index contributed by atoms with van der Waals surface area (Å²) in [7, 11) is 0. The summed E-state index contributed by atoms with van der Waals surface area (Å²) in [4.78, 5) is 4.29. The maximum absolute atomic E-state index is 14.9. The van der Waals surface area contributed by atoms with Gasteiger partial charge in [-0.1, -0.05) is 24.3 Å². The van der Waals surface area contributed by atoms with Crippen molar-refractivity contribution in [2.24, 2.45) is 5.92 Å². The van der Waals surface area contributed by atoms with Gasteiger partial charge < -0.3 is 10.0 Å². The number of aliphatic hydroxyl groups excluding tert-OH is 1. The molecule has 1 saturated carbocycles. The number of anilines is 1. The lowest BCUT2D eigenvalue weighted by molar-refractivity contribution is 0.0916. The highest BCUT2D eigenvalue weighted by atomic mass is 19.1. The van der Waals surface area contributed by atoms with Crippen molar-refractivity contribution in [2.45, 2.75) is 38.8 Å². The van der Waals surface area contributed by atoms with Gasteiger partial charge in [-0.05, 0) is 61.4 Å². The second-order valence-electron chi connectivity index (χ2n) is 8.51. The zero-order chi connectivity index (χ0) is 19.9. The molecule has 0 amide bonds. The first-order valence-electron chi connectivity index (χ1n) is 10.1. The molecule has 2 aromatic carbocycles. The van der Waals surface area contributed by atoms with Crippen LogP contribution in [0.25, 0.3) is 11.1 Å². The van der Waals surface area contributed by atoms with E-state index in [9.17, 15) is 13.9 Å². The van der Waals surface area contributed by atoms with Gasteiger partial charge in [0.25, 0.3) is 0 Å². The van der Waals surface area contributed by atoms with Gasteiger partial charge >= 0.3 is 0 Å². The molecular formula is C23H28F2N2O. The number of hydrogen-bond donors (Lipinski definition) is 1. The van der Waals surface area contributed by atoms with Gasteiger partial charge in [-0.3, -0.25) is 4.90 Å². The molecule has 28 heavy (non-hydrogen) atoms. The summed E-state index contributed by atoms with van der Waals surface area (Å²) >= 11 is 0. The van der Waals surface area contributed by atoms with Crippen LogP contribution in [0.3, 0.4) is 0 Å². The van der Waals surface area contributed by atoms with Crippen LogP contribution in [0.5, 0.6) is 0 Å². The van der Waals surface area contributed by atoms with E-state index in [0.29, 0.717) is 29.8 Å². The van der Waals surface area contributed by atoms with Crippen molar-refractivity contribution in [3.8, 4) is 11.1 Å². The number of nitrogens with zero attached hydrogens (tertiary/aromatic N) is 2. The molecule has 1 aliphatic heterocycles. The Hall–Kier alpha value is -1.98. The second-order valence-corrected chi connectivity index (χ2v) is 8.51. The Kier molecular flexibility index (Phi) is 5.15. The predicted molar refractivity (Wildman–Crippen MR) is 108 cm³/mol. The van der Waals surface area contributed by atoms with Crippen molar-refractivity contribution in [3.05, 3.63) is 53.6 Å². The van der Waals surface area contributed by atoms with Crippen LogP contribution in [0.1, 0.15) is 32.3 Å². The van der Waals surface area contributed by atoms with Gasteiger partial charge in [0.05, 0.1) is 6.61 Å². The minimum Gasteiger partial charge on any atom is -0.392 e. The Morgan fingerprint density at radius 1 is 1.00 bits per heavy atom. The number of piperazine rings is 1. The minimum atomic E-state index is -0.544. The zero-order valence-corrected chi connectivity index (χ0v) is 16.6. The summed E-state index contributed by atoms with van der Waals surface area (Å²) in [6, 6.07) is 9.91. The molecule has 1 heterocycles. The summed E-state index contributed by atoms with van der Waals surface area (Å²) in [5, 5.41) is 9.51. The molecule has 0 aromatic heterocycles. The molecule has 1 saturated heterocycles. The van der Waals surface area contributed by atoms with E-state index in [-0.39, 0.29) is 17.8 Å². The highest BCUT2D eigenvalue weighted by Gasteiger charge is 2.42. The monoisotopic (exact) mass is 386 g/mol. The van der Waals surface area contributed by atoms with Crippen molar-refractivity contribution < 1.29 is 13.9 Å². The van der Waals surface area contributed by atoms with Gasteiger partial charge in [0.15, 0.2) is 0 Å². The number of aliphatic hydroxyl groups is 1. The Bertz CT molecular complexity index is 832. The van der Waals surface area contributed by atoms with Crippen LogP contribution in [0.2, 0.25) is 0 Å². The quantitative estimate of drug-likeness (QED) is 0.823. The number of hydrogen-bond acceptors (Lipinski definition) is 3. The van der Waals surface area contributed by atoms with E-state index in [4.69, 9.17) is 0 Å². The molecule has 2 aliphatic rings. The van der Waals surface area contributed by atoms with Crippen LogP contribution < -0.4 is 4.90 Å². The fourth-order valence-electron chi connectivity index (χ4n) is 4.52. The topological polar surface area (TPSA) is 26.7 Å². The predicted octanol–water partition coefficient (Wildman–Crippen LogP) is 4.43. The Balaban J connectivity index is 1.55. The van der Waals surface area contributed by atoms with Gasteiger partial charge in [0.2, 0.25) is 0 Å². The first-order chi connectivity index (χ1) is 13.4. The Morgan fingerprint density at radius 2 is 1.61 bits per heavy atom. The normalized spacial score (nSPS) is 18.5. The summed E-state index contributed by atoms with van der Waals surface area (Å²) in [5.41, 5.74) is 2.00.